The van der Waals surface area contributed by atoms with Gasteiger partial charge in [0, 0.05) is 18.5 Å². The number of aliphatic hydroxyl groups is 1. The molecule has 0 aromatic heterocycles. The lowest BCUT2D eigenvalue weighted by Crippen LogP contribution is -2.44. The Morgan fingerprint density at radius 2 is 2.14 bits per heavy atom. The average Bonchev–Trinajstić information content (AvgIpc) is 2.44. The normalized spacial score (nSPS) is 47.9. The summed E-state index contributed by atoms with van der Waals surface area (Å²) in [5, 5.41) is 9.72. The highest BCUT2D eigenvalue weighted by Crippen LogP contribution is 2.43. The van der Waals surface area contributed by atoms with Crippen LogP contribution in [0.2, 0.25) is 0 Å². The summed E-state index contributed by atoms with van der Waals surface area (Å²) in [4.78, 5) is 14.0. The van der Waals surface area contributed by atoms with Gasteiger partial charge in [0.1, 0.15) is 5.78 Å². The number of fused-ring (bicyclic) bond motifs is 1. The average molecular weight is 195 g/mol. The molecule has 2 saturated heterocycles. The summed E-state index contributed by atoms with van der Waals surface area (Å²) in [6.45, 7) is 1.57. The third-order valence-electron chi connectivity index (χ3n) is 4.27. The second-order valence-corrected chi connectivity index (χ2v) is 5.11. The van der Waals surface area contributed by atoms with Crippen LogP contribution in [0, 0.1) is 11.8 Å². The fourth-order valence-corrected chi connectivity index (χ4v) is 3.54. The van der Waals surface area contributed by atoms with E-state index in [1.165, 1.54) is 0 Å². The Labute approximate surface area is 84.1 Å². The van der Waals surface area contributed by atoms with Crippen LogP contribution in [-0.4, -0.2) is 41.0 Å². The van der Waals surface area contributed by atoms with Crippen LogP contribution in [0.3, 0.4) is 0 Å². The predicted octanol–water partition coefficient (Wildman–Crippen LogP) is 0.421. The van der Waals surface area contributed by atoms with Gasteiger partial charge in [0.15, 0.2) is 0 Å². The molecule has 0 radical (unpaired) electrons. The van der Waals surface area contributed by atoms with Crippen LogP contribution in [0.15, 0.2) is 0 Å². The van der Waals surface area contributed by atoms with E-state index in [0.717, 1.165) is 32.2 Å². The minimum atomic E-state index is -0.126. The van der Waals surface area contributed by atoms with Crippen LogP contribution < -0.4 is 0 Å². The number of carbonyl (C=O) groups is 1. The molecule has 3 heteroatoms. The predicted molar refractivity (Wildman–Crippen MR) is 51.8 cm³/mol. The van der Waals surface area contributed by atoms with Crippen molar-refractivity contribution in [3.63, 3.8) is 0 Å². The molecule has 78 valence electrons. The van der Waals surface area contributed by atoms with Gasteiger partial charge in [0.25, 0.3) is 0 Å². The van der Waals surface area contributed by atoms with Gasteiger partial charge in [-0.05, 0) is 31.6 Å². The molecule has 2 aliphatic heterocycles. The summed E-state index contributed by atoms with van der Waals surface area (Å²) in [5.74, 6) is 1.36. The summed E-state index contributed by atoms with van der Waals surface area (Å²) in [6.07, 6.45) is 3.75. The maximum Gasteiger partial charge on any atom is 0.149 e. The van der Waals surface area contributed by atoms with E-state index in [4.69, 9.17) is 0 Å². The number of rotatable bonds is 0. The molecule has 2 heterocycles. The van der Waals surface area contributed by atoms with Gasteiger partial charge in [-0.15, -0.1) is 0 Å². The molecule has 3 rings (SSSR count). The molecule has 4 atom stereocenters. The lowest BCUT2D eigenvalue weighted by Gasteiger charge is -2.32. The highest BCUT2D eigenvalue weighted by Gasteiger charge is 2.47. The fourth-order valence-electron chi connectivity index (χ4n) is 3.54. The zero-order valence-electron chi connectivity index (χ0n) is 8.35. The Balaban J connectivity index is 1.87. The molecule has 3 aliphatic rings. The van der Waals surface area contributed by atoms with Crippen molar-refractivity contribution in [3.05, 3.63) is 0 Å². The first-order valence-corrected chi connectivity index (χ1v) is 5.69. The van der Waals surface area contributed by atoms with E-state index in [2.05, 4.69) is 4.90 Å². The van der Waals surface area contributed by atoms with Gasteiger partial charge in [-0.1, -0.05) is 0 Å². The van der Waals surface area contributed by atoms with E-state index in [1.807, 2.05) is 0 Å². The van der Waals surface area contributed by atoms with E-state index in [1.54, 1.807) is 0 Å². The quantitative estimate of drug-likeness (QED) is 0.609. The number of Topliss-reactive ketones (excluding diaryl/α,β-unsaturated/α-hetero) is 1. The first kappa shape index (κ1) is 8.86. The van der Waals surface area contributed by atoms with E-state index in [9.17, 15) is 9.90 Å². The Morgan fingerprint density at radius 3 is 3.00 bits per heavy atom. The molecule has 4 unspecified atom stereocenters. The number of piperidine rings is 1. The topological polar surface area (TPSA) is 40.5 Å². The molecule has 1 N–H and O–H groups in total. The number of ketones is 1. The molecule has 0 aromatic carbocycles. The molecule has 3 nitrogen and oxygen atoms in total. The third-order valence-corrected chi connectivity index (χ3v) is 4.27. The first-order valence-electron chi connectivity index (χ1n) is 5.69. The number of nitrogens with zero attached hydrogens (tertiary/aromatic N) is 1. The second-order valence-electron chi connectivity index (χ2n) is 5.11. The van der Waals surface area contributed by atoms with Crippen LogP contribution >= 0.6 is 0 Å². The Morgan fingerprint density at radius 1 is 1.29 bits per heavy atom. The van der Waals surface area contributed by atoms with Crippen molar-refractivity contribution in [1.82, 2.24) is 4.90 Å². The van der Waals surface area contributed by atoms with Gasteiger partial charge in [-0.3, -0.25) is 9.69 Å². The van der Waals surface area contributed by atoms with Crippen LogP contribution in [0.1, 0.15) is 25.7 Å². The smallest absolute Gasteiger partial charge is 0.149 e. The number of aliphatic hydroxyl groups excluding tert-OH is 1. The van der Waals surface area contributed by atoms with E-state index >= 15 is 0 Å². The van der Waals surface area contributed by atoms with Gasteiger partial charge in [0.05, 0.1) is 12.6 Å². The van der Waals surface area contributed by atoms with Gasteiger partial charge < -0.3 is 5.11 Å². The van der Waals surface area contributed by atoms with Crippen molar-refractivity contribution in [3.8, 4) is 0 Å². The summed E-state index contributed by atoms with van der Waals surface area (Å²) in [6, 6.07) is 0.606. The van der Waals surface area contributed by atoms with E-state index in [0.29, 0.717) is 30.2 Å². The molecule has 1 saturated carbocycles. The summed E-state index contributed by atoms with van der Waals surface area (Å²) < 4.78 is 0. The van der Waals surface area contributed by atoms with Crippen LogP contribution in [0.25, 0.3) is 0 Å². The molecule has 14 heavy (non-hydrogen) atoms. The molecule has 0 aromatic rings. The summed E-state index contributed by atoms with van der Waals surface area (Å²) in [5.41, 5.74) is 0. The number of hydrogen-bond acceptors (Lipinski definition) is 3. The third kappa shape index (κ3) is 1.22. The van der Waals surface area contributed by atoms with Crippen molar-refractivity contribution >= 4 is 5.78 Å². The molecule has 0 amide bonds. The van der Waals surface area contributed by atoms with E-state index in [-0.39, 0.29) is 6.10 Å². The molecular weight excluding hydrogens is 178 g/mol. The van der Waals surface area contributed by atoms with Crippen LogP contribution in [-0.2, 0) is 4.79 Å². The summed E-state index contributed by atoms with van der Waals surface area (Å²) >= 11 is 0. The Bertz CT molecular complexity index is 266. The molecule has 3 fully saturated rings. The lowest BCUT2D eigenvalue weighted by atomic mass is 9.96. The van der Waals surface area contributed by atoms with Gasteiger partial charge in [0.2, 0.25) is 0 Å². The molecular formula is C11H17NO2. The van der Waals surface area contributed by atoms with Crippen LogP contribution in [0.4, 0.5) is 0 Å². The first-order chi connectivity index (χ1) is 6.74. The van der Waals surface area contributed by atoms with Crippen LogP contribution in [0.5, 0.6) is 0 Å². The Hall–Kier alpha value is -0.410. The summed E-state index contributed by atoms with van der Waals surface area (Å²) in [7, 11) is 0. The highest BCUT2D eigenvalue weighted by molar-refractivity contribution is 5.84. The second kappa shape index (κ2) is 3.04. The Kier molecular flexibility index (Phi) is 1.92. The molecule has 1 aliphatic carbocycles. The highest BCUT2D eigenvalue weighted by atomic mass is 16.3. The molecule has 2 bridgehead atoms. The van der Waals surface area contributed by atoms with Crippen molar-refractivity contribution in [2.75, 3.05) is 13.1 Å². The zero-order valence-corrected chi connectivity index (χ0v) is 8.35. The maximum atomic E-state index is 11.7. The molecule has 0 spiro atoms. The van der Waals surface area contributed by atoms with Gasteiger partial charge in [-0.25, -0.2) is 0 Å². The monoisotopic (exact) mass is 195 g/mol. The van der Waals surface area contributed by atoms with Crippen molar-refractivity contribution < 1.29 is 9.90 Å². The lowest BCUT2D eigenvalue weighted by molar-refractivity contribution is -0.126. The standard InChI is InChI=1S/C11H17NO2/c13-9-1-2-12-6-11(14)8-3-7(4-9)10(12)5-8/h7-10,13H,1-6H2. The van der Waals surface area contributed by atoms with Crippen molar-refractivity contribution in [1.29, 1.82) is 0 Å². The number of hydrogen-bond donors (Lipinski definition) is 1. The fraction of sp³-hybridized carbons (Fsp3) is 0.909. The minimum absolute atomic E-state index is 0.126. The van der Waals surface area contributed by atoms with Gasteiger partial charge >= 0.3 is 0 Å². The van der Waals surface area contributed by atoms with E-state index < -0.39 is 0 Å². The van der Waals surface area contributed by atoms with Gasteiger partial charge in [-0.2, -0.15) is 0 Å². The minimum Gasteiger partial charge on any atom is -0.393 e. The zero-order chi connectivity index (χ0) is 9.71. The number of carbonyl (C=O) groups excluding carboxylic acids is 1. The maximum absolute atomic E-state index is 11.7. The largest absolute Gasteiger partial charge is 0.393 e. The van der Waals surface area contributed by atoms with Crippen molar-refractivity contribution in [2.45, 2.75) is 37.8 Å². The SMILES string of the molecule is O=C1CN2CCC(O)CC3CC1CC32. The van der Waals surface area contributed by atoms with Crippen molar-refractivity contribution in [2.24, 2.45) is 11.8 Å².